The Morgan fingerprint density at radius 3 is 1.88 bits per heavy atom. The Balaban J connectivity index is 0. The summed E-state index contributed by atoms with van der Waals surface area (Å²) in [5.74, 6) is -1.37. The zero-order valence-electron chi connectivity index (χ0n) is 4.32. The average molecular weight is 259 g/mol. The van der Waals surface area contributed by atoms with Crippen molar-refractivity contribution in [3.8, 4) is 0 Å². The number of aliphatic carboxylic acids is 1. The van der Waals surface area contributed by atoms with Crippen molar-refractivity contribution in [2.45, 2.75) is 13.3 Å². The molecule has 0 rings (SSSR count). The first kappa shape index (κ1) is 11.3. The molecule has 0 heterocycles. The van der Waals surface area contributed by atoms with E-state index < -0.39 is 5.97 Å². The van der Waals surface area contributed by atoms with Crippen molar-refractivity contribution < 1.29 is 54.6 Å². The van der Waals surface area contributed by atoms with E-state index in [1.807, 2.05) is 0 Å². The first-order chi connectivity index (χ1) is 3.13. The molecule has 0 bridgehead atoms. The molecule has 3 nitrogen and oxygen atoms in total. The van der Waals surface area contributed by atoms with E-state index >= 15 is 0 Å². The minimum absolute atomic E-state index is 0. The van der Waals surface area contributed by atoms with Crippen LogP contribution >= 0.6 is 0 Å². The first-order valence-corrected chi connectivity index (χ1v) is 1.84. The number of carbonyl (C=O) groups is 2. The van der Waals surface area contributed by atoms with Crippen LogP contribution in [0.4, 0.5) is 0 Å². The van der Waals surface area contributed by atoms with E-state index in [0.29, 0.717) is 0 Å². The van der Waals surface area contributed by atoms with Crippen LogP contribution in [0.3, 0.4) is 0 Å². The monoisotopic (exact) mass is 260 g/mol. The molecule has 0 aromatic heterocycles. The van der Waals surface area contributed by atoms with Gasteiger partial charge in [0.15, 0.2) is 0 Å². The standard InChI is InChI=1S/C4H6O3.Gd/c1-3(5)2-4(6)7;/h2H2,1H3,(H,6,7);. The Bertz CT molecular complexity index is 87.5. The smallest absolute Gasteiger partial charge is 0.310 e. The Hall–Kier alpha value is 0.465. The second-order valence-corrected chi connectivity index (χ2v) is 1.27. The molecule has 0 saturated heterocycles. The topological polar surface area (TPSA) is 54.4 Å². The summed E-state index contributed by atoms with van der Waals surface area (Å²) in [6, 6.07) is 0. The van der Waals surface area contributed by atoms with Gasteiger partial charge >= 0.3 is 5.97 Å². The molecule has 8 heavy (non-hydrogen) atoms. The van der Waals surface area contributed by atoms with Crippen LogP contribution in [-0.2, 0) is 9.59 Å². The van der Waals surface area contributed by atoms with Gasteiger partial charge in [0.05, 0.1) is 0 Å². The molecule has 0 saturated carbocycles. The SMILES string of the molecule is CC(=O)CC(=O)O.[Gd]. The third-order valence-electron chi connectivity index (χ3n) is 0.400. The van der Waals surface area contributed by atoms with Crippen LogP contribution < -0.4 is 0 Å². The van der Waals surface area contributed by atoms with Gasteiger partial charge in [0.2, 0.25) is 0 Å². The third kappa shape index (κ3) is 9.68. The fraction of sp³-hybridized carbons (Fsp3) is 0.500. The molecule has 0 fully saturated rings. The van der Waals surface area contributed by atoms with Gasteiger partial charge in [-0.05, 0) is 6.92 Å². The van der Waals surface area contributed by atoms with Crippen LogP contribution in [0.1, 0.15) is 13.3 Å². The molecule has 0 aliphatic carbocycles. The summed E-state index contributed by atoms with van der Waals surface area (Å²) in [5.41, 5.74) is 0. The summed E-state index contributed by atoms with van der Waals surface area (Å²) >= 11 is 0. The van der Waals surface area contributed by atoms with Crippen LogP contribution in [0.5, 0.6) is 0 Å². The molecule has 0 amide bonds. The van der Waals surface area contributed by atoms with Crippen molar-refractivity contribution >= 4 is 11.8 Å². The van der Waals surface area contributed by atoms with Gasteiger partial charge in [-0.25, -0.2) is 0 Å². The van der Waals surface area contributed by atoms with Gasteiger partial charge in [-0.15, -0.1) is 0 Å². The average Bonchev–Trinajstić information content (AvgIpc) is 1.27. The Kier molecular flexibility index (Phi) is 7.90. The van der Waals surface area contributed by atoms with Crippen molar-refractivity contribution in [1.29, 1.82) is 0 Å². The number of hydrogen-bond donors (Lipinski definition) is 1. The second-order valence-electron chi connectivity index (χ2n) is 1.27. The van der Waals surface area contributed by atoms with Gasteiger partial charge < -0.3 is 5.11 Å². The van der Waals surface area contributed by atoms with Gasteiger partial charge in [-0.1, -0.05) is 0 Å². The molecule has 0 spiro atoms. The maximum Gasteiger partial charge on any atom is 0.310 e. The predicted octanol–water partition coefficient (Wildman–Crippen LogP) is 0.0501. The van der Waals surface area contributed by atoms with Crippen LogP contribution in [0.25, 0.3) is 0 Å². The quantitative estimate of drug-likeness (QED) is 0.713. The van der Waals surface area contributed by atoms with Crippen molar-refractivity contribution in [2.24, 2.45) is 0 Å². The van der Waals surface area contributed by atoms with E-state index in [2.05, 4.69) is 0 Å². The molecule has 48 valence electrons. The van der Waals surface area contributed by atoms with Gasteiger partial charge in [0, 0.05) is 39.9 Å². The summed E-state index contributed by atoms with van der Waals surface area (Å²) in [4.78, 5) is 19.5. The molecule has 0 aromatic rings. The predicted molar refractivity (Wildman–Crippen MR) is 22.9 cm³/mol. The van der Waals surface area contributed by atoms with E-state index in [1.165, 1.54) is 6.92 Å². The number of carbonyl (C=O) groups excluding carboxylic acids is 1. The molecular weight excluding hydrogens is 253 g/mol. The van der Waals surface area contributed by atoms with Gasteiger partial charge in [0.25, 0.3) is 0 Å². The minimum Gasteiger partial charge on any atom is -0.481 e. The molecule has 0 unspecified atom stereocenters. The van der Waals surface area contributed by atoms with Crippen LogP contribution in [-0.4, -0.2) is 16.9 Å². The van der Waals surface area contributed by atoms with Gasteiger partial charge in [0.1, 0.15) is 12.2 Å². The number of carboxylic acid groups (broad SMARTS) is 1. The number of carboxylic acids is 1. The molecule has 0 aromatic carbocycles. The maximum absolute atomic E-state index is 9.87. The van der Waals surface area contributed by atoms with Gasteiger partial charge in [-0.3, -0.25) is 9.59 Å². The summed E-state index contributed by atoms with van der Waals surface area (Å²) < 4.78 is 0. The summed E-state index contributed by atoms with van der Waals surface area (Å²) in [5, 5.41) is 7.86. The molecule has 0 aliphatic rings. The molecular formula is C4H6GdO3. The van der Waals surface area contributed by atoms with E-state index in [-0.39, 0.29) is 52.1 Å². The molecule has 4 heteroatoms. The second kappa shape index (κ2) is 5.60. The molecule has 0 aliphatic heterocycles. The Labute approximate surface area is 79.1 Å². The van der Waals surface area contributed by atoms with Crippen LogP contribution in [0.15, 0.2) is 0 Å². The maximum atomic E-state index is 9.87. The zero-order valence-corrected chi connectivity index (χ0v) is 6.59. The summed E-state index contributed by atoms with van der Waals surface area (Å²) in [6.45, 7) is 1.24. The third-order valence-corrected chi connectivity index (χ3v) is 0.400. The Morgan fingerprint density at radius 1 is 1.50 bits per heavy atom. The fourth-order valence-electron chi connectivity index (χ4n) is 0.213. The van der Waals surface area contributed by atoms with E-state index in [9.17, 15) is 9.59 Å². The number of hydrogen-bond acceptors (Lipinski definition) is 2. The zero-order chi connectivity index (χ0) is 5.86. The normalized spacial score (nSPS) is 7.12. The van der Waals surface area contributed by atoms with Crippen molar-refractivity contribution in [3.05, 3.63) is 0 Å². The Morgan fingerprint density at radius 2 is 1.88 bits per heavy atom. The number of Topliss-reactive ketones (excluding diaryl/α,β-unsaturated/α-hetero) is 1. The molecule has 0 radical (unpaired) electrons. The summed E-state index contributed by atoms with van der Waals surface area (Å²) in [6.07, 6.45) is -0.361. The van der Waals surface area contributed by atoms with Gasteiger partial charge in [-0.2, -0.15) is 0 Å². The van der Waals surface area contributed by atoms with E-state index in [1.54, 1.807) is 0 Å². The number of ketones is 1. The summed E-state index contributed by atoms with van der Waals surface area (Å²) in [7, 11) is 0. The van der Waals surface area contributed by atoms with Crippen molar-refractivity contribution in [2.75, 3.05) is 0 Å². The van der Waals surface area contributed by atoms with E-state index in [4.69, 9.17) is 5.11 Å². The van der Waals surface area contributed by atoms with Crippen LogP contribution in [0.2, 0.25) is 0 Å². The number of rotatable bonds is 2. The first-order valence-electron chi connectivity index (χ1n) is 1.84. The largest absolute Gasteiger partial charge is 0.481 e. The van der Waals surface area contributed by atoms with Crippen molar-refractivity contribution in [1.82, 2.24) is 0 Å². The van der Waals surface area contributed by atoms with Crippen molar-refractivity contribution in [3.63, 3.8) is 0 Å². The van der Waals surface area contributed by atoms with E-state index in [0.717, 1.165) is 0 Å². The fourth-order valence-corrected chi connectivity index (χ4v) is 0.213. The minimum atomic E-state index is -1.06. The van der Waals surface area contributed by atoms with Crippen LogP contribution in [0, 0.1) is 39.9 Å². The molecule has 1 N–H and O–H groups in total. The molecule has 0 atom stereocenters.